The largest absolute Gasteiger partial charge is 0.497 e. The number of rotatable bonds is 4. The summed E-state index contributed by atoms with van der Waals surface area (Å²) in [6.45, 7) is 2.29. The highest BCUT2D eigenvalue weighted by Gasteiger charge is 2.49. The molecule has 0 fully saturated rings. The molecule has 1 unspecified atom stereocenters. The van der Waals surface area contributed by atoms with E-state index in [1.807, 2.05) is 55.3 Å². The maximum absolute atomic E-state index is 12.8. The number of anilines is 1. The van der Waals surface area contributed by atoms with E-state index in [0.717, 1.165) is 28.3 Å². The SMILES string of the molecule is COc1cc(OC)cc(C2(C)C3=C(COC3=O)N(C)c3cc(OC)ccc32)c1. The number of carbonyl (C=O) groups excluding carboxylic acids is 1. The van der Waals surface area contributed by atoms with E-state index in [9.17, 15) is 4.79 Å². The fraction of sp³-hybridized carbons (Fsp3) is 0.318. The van der Waals surface area contributed by atoms with Gasteiger partial charge in [-0.25, -0.2) is 4.79 Å². The van der Waals surface area contributed by atoms with Crippen LogP contribution in [0, 0.1) is 0 Å². The van der Waals surface area contributed by atoms with Gasteiger partial charge in [0.25, 0.3) is 0 Å². The van der Waals surface area contributed by atoms with E-state index in [1.54, 1.807) is 21.3 Å². The molecule has 0 N–H and O–H groups in total. The number of methoxy groups -OCH3 is 3. The van der Waals surface area contributed by atoms with Gasteiger partial charge in [-0.2, -0.15) is 0 Å². The van der Waals surface area contributed by atoms with Crippen LogP contribution in [0.2, 0.25) is 0 Å². The molecule has 0 amide bonds. The summed E-state index contributed by atoms with van der Waals surface area (Å²) in [6, 6.07) is 11.6. The molecule has 0 saturated carbocycles. The molecule has 0 aliphatic carbocycles. The molecule has 2 aliphatic rings. The molecular weight excluding hydrogens is 358 g/mol. The van der Waals surface area contributed by atoms with E-state index >= 15 is 0 Å². The highest BCUT2D eigenvalue weighted by molar-refractivity contribution is 5.99. The Kier molecular flexibility index (Phi) is 4.22. The number of hydrogen-bond acceptors (Lipinski definition) is 6. The number of ether oxygens (including phenoxy) is 4. The molecule has 2 aromatic carbocycles. The van der Waals surface area contributed by atoms with Crippen molar-refractivity contribution in [2.75, 3.05) is 39.9 Å². The van der Waals surface area contributed by atoms with Crippen LogP contribution in [-0.4, -0.2) is 41.0 Å². The Hall–Kier alpha value is -3.15. The van der Waals surface area contributed by atoms with Crippen molar-refractivity contribution in [3.05, 3.63) is 58.8 Å². The second kappa shape index (κ2) is 6.48. The fourth-order valence-corrected chi connectivity index (χ4v) is 4.17. The molecular formula is C22H23NO5. The molecule has 146 valence electrons. The molecule has 28 heavy (non-hydrogen) atoms. The first kappa shape index (κ1) is 18.2. The molecule has 0 saturated heterocycles. The molecule has 2 aromatic rings. The molecule has 0 spiro atoms. The second-order valence-corrected chi connectivity index (χ2v) is 7.07. The summed E-state index contributed by atoms with van der Waals surface area (Å²) in [5.41, 5.74) is 3.63. The number of likely N-dealkylation sites (N-methyl/N-ethyl adjacent to an activating group) is 1. The van der Waals surface area contributed by atoms with Gasteiger partial charge < -0.3 is 23.8 Å². The number of fused-ring (bicyclic) bond motifs is 1. The molecule has 0 aromatic heterocycles. The van der Waals surface area contributed by atoms with Crippen molar-refractivity contribution in [2.45, 2.75) is 12.3 Å². The maximum Gasteiger partial charge on any atom is 0.337 e. The van der Waals surface area contributed by atoms with Crippen molar-refractivity contribution >= 4 is 11.7 Å². The van der Waals surface area contributed by atoms with Gasteiger partial charge in [-0.3, -0.25) is 0 Å². The van der Waals surface area contributed by atoms with Crippen LogP contribution in [0.25, 0.3) is 0 Å². The molecule has 2 aliphatic heterocycles. The fourth-order valence-electron chi connectivity index (χ4n) is 4.17. The summed E-state index contributed by atoms with van der Waals surface area (Å²) in [5, 5.41) is 0. The van der Waals surface area contributed by atoms with Gasteiger partial charge in [0.05, 0.1) is 38.0 Å². The summed E-state index contributed by atoms with van der Waals surface area (Å²) in [7, 11) is 6.82. The lowest BCUT2D eigenvalue weighted by atomic mass is 9.67. The van der Waals surface area contributed by atoms with Crippen LogP contribution in [0.4, 0.5) is 5.69 Å². The van der Waals surface area contributed by atoms with Crippen molar-refractivity contribution in [3.8, 4) is 17.2 Å². The zero-order valence-corrected chi connectivity index (χ0v) is 16.7. The van der Waals surface area contributed by atoms with Crippen molar-refractivity contribution in [1.29, 1.82) is 0 Å². The summed E-state index contributed by atoms with van der Waals surface area (Å²) in [6.07, 6.45) is 0. The van der Waals surface area contributed by atoms with E-state index < -0.39 is 5.41 Å². The third-order valence-electron chi connectivity index (χ3n) is 5.77. The molecule has 0 radical (unpaired) electrons. The summed E-state index contributed by atoms with van der Waals surface area (Å²) in [5.74, 6) is 1.79. The molecule has 4 rings (SSSR count). The molecule has 0 bridgehead atoms. The first-order valence-corrected chi connectivity index (χ1v) is 9.00. The van der Waals surface area contributed by atoms with Gasteiger partial charge in [-0.15, -0.1) is 0 Å². The number of esters is 1. The van der Waals surface area contributed by atoms with E-state index in [4.69, 9.17) is 18.9 Å². The Balaban J connectivity index is 2.04. The number of cyclic esters (lactones) is 1. The number of hydrogen-bond donors (Lipinski definition) is 0. The topological polar surface area (TPSA) is 57.2 Å². The molecule has 2 heterocycles. The van der Waals surface area contributed by atoms with Crippen molar-refractivity contribution in [1.82, 2.24) is 0 Å². The lowest BCUT2D eigenvalue weighted by molar-refractivity contribution is -0.136. The monoisotopic (exact) mass is 381 g/mol. The first-order chi connectivity index (χ1) is 13.4. The summed E-state index contributed by atoms with van der Waals surface area (Å²) in [4.78, 5) is 14.8. The maximum atomic E-state index is 12.8. The second-order valence-electron chi connectivity index (χ2n) is 7.07. The van der Waals surface area contributed by atoms with Gasteiger partial charge in [-0.1, -0.05) is 6.07 Å². The Labute approximate surface area is 164 Å². The Morgan fingerprint density at radius 3 is 2.21 bits per heavy atom. The minimum absolute atomic E-state index is 0.248. The predicted molar refractivity (Wildman–Crippen MR) is 105 cm³/mol. The van der Waals surface area contributed by atoms with Gasteiger partial charge in [0.2, 0.25) is 0 Å². The quantitative estimate of drug-likeness (QED) is 0.758. The highest BCUT2D eigenvalue weighted by Crippen LogP contribution is 2.52. The van der Waals surface area contributed by atoms with Gasteiger partial charge in [0.1, 0.15) is 23.9 Å². The van der Waals surface area contributed by atoms with Crippen LogP contribution in [-0.2, 0) is 14.9 Å². The average Bonchev–Trinajstić information content (AvgIpc) is 3.13. The molecule has 6 heteroatoms. The van der Waals surface area contributed by atoms with Crippen LogP contribution in [0.1, 0.15) is 18.1 Å². The third kappa shape index (κ3) is 2.44. The third-order valence-corrected chi connectivity index (χ3v) is 5.77. The van der Waals surface area contributed by atoms with Crippen LogP contribution >= 0.6 is 0 Å². The number of nitrogens with zero attached hydrogens (tertiary/aromatic N) is 1. The number of carbonyl (C=O) groups is 1. The number of benzene rings is 2. The van der Waals surface area contributed by atoms with Crippen LogP contribution in [0.5, 0.6) is 17.2 Å². The first-order valence-electron chi connectivity index (χ1n) is 9.00. The minimum Gasteiger partial charge on any atom is -0.497 e. The highest BCUT2D eigenvalue weighted by atomic mass is 16.5. The van der Waals surface area contributed by atoms with Crippen LogP contribution in [0.15, 0.2) is 47.7 Å². The zero-order valence-electron chi connectivity index (χ0n) is 16.7. The van der Waals surface area contributed by atoms with Crippen LogP contribution < -0.4 is 19.1 Å². The normalized spacial score (nSPS) is 20.5. The predicted octanol–water partition coefficient (Wildman–Crippen LogP) is 3.28. The zero-order chi connectivity index (χ0) is 20.1. The molecule has 1 atom stereocenters. The van der Waals surface area contributed by atoms with Gasteiger partial charge >= 0.3 is 5.97 Å². The van der Waals surface area contributed by atoms with E-state index in [1.165, 1.54) is 0 Å². The van der Waals surface area contributed by atoms with E-state index in [-0.39, 0.29) is 12.6 Å². The summed E-state index contributed by atoms with van der Waals surface area (Å²) < 4.78 is 21.8. The smallest absolute Gasteiger partial charge is 0.337 e. The Bertz CT molecular complexity index is 974. The van der Waals surface area contributed by atoms with Crippen molar-refractivity contribution < 1.29 is 23.7 Å². The Morgan fingerprint density at radius 1 is 0.964 bits per heavy atom. The average molecular weight is 381 g/mol. The van der Waals surface area contributed by atoms with Crippen LogP contribution in [0.3, 0.4) is 0 Å². The standard InChI is InChI=1S/C22H23NO5/c1-22(13-8-15(26-4)10-16(9-13)27-5)17-7-6-14(25-3)11-18(17)23(2)19-12-28-21(24)20(19)22/h6-11H,12H2,1-5H3. The lowest BCUT2D eigenvalue weighted by Crippen LogP contribution is -2.38. The van der Waals surface area contributed by atoms with Gasteiger partial charge in [0.15, 0.2) is 0 Å². The molecule has 6 nitrogen and oxygen atoms in total. The van der Waals surface area contributed by atoms with Gasteiger partial charge in [-0.05, 0) is 36.2 Å². The Morgan fingerprint density at radius 2 is 1.61 bits per heavy atom. The van der Waals surface area contributed by atoms with Crippen molar-refractivity contribution in [3.63, 3.8) is 0 Å². The lowest BCUT2D eigenvalue weighted by Gasteiger charge is -2.40. The summed E-state index contributed by atoms with van der Waals surface area (Å²) >= 11 is 0. The van der Waals surface area contributed by atoms with Gasteiger partial charge in [0, 0.05) is 24.9 Å². The van der Waals surface area contributed by atoms with E-state index in [0.29, 0.717) is 17.1 Å². The van der Waals surface area contributed by atoms with Crippen molar-refractivity contribution in [2.24, 2.45) is 0 Å². The van der Waals surface area contributed by atoms with E-state index in [2.05, 4.69) is 0 Å². The minimum atomic E-state index is -0.723.